The third-order valence-corrected chi connectivity index (χ3v) is 5.62. The quantitative estimate of drug-likeness (QED) is 0.680. The highest BCUT2D eigenvalue weighted by molar-refractivity contribution is 4.89. The van der Waals surface area contributed by atoms with Crippen molar-refractivity contribution in [3.63, 3.8) is 0 Å². The second-order valence-corrected chi connectivity index (χ2v) is 7.20. The molecule has 1 aliphatic carbocycles. The summed E-state index contributed by atoms with van der Waals surface area (Å²) in [4.78, 5) is 0. The monoisotopic (exact) mass is 238 g/mol. The van der Waals surface area contributed by atoms with Gasteiger partial charge in [-0.25, -0.2) is 0 Å². The number of rotatable bonds is 2. The van der Waals surface area contributed by atoms with Gasteiger partial charge >= 0.3 is 0 Å². The molecule has 2 fully saturated rings. The van der Waals surface area contributed by atoms with Crippen molar-refractivity contribution in [1.29, 1.82) is 0 Å². The molecule has 2 rings (SSSR count). The van der Waals surface area contributed by atoms with Crippen molar-refractivity contribution in [2.24, 2.45) is 23.2 Å². The summed E-state index contributed by atoms with van der Waals surface area (Å²) >= 11 is 0. The van der Waals surface area contributed by atoms with Gasteiger partial charge in [-0.1, -0.05) is 33.6 Å². The molecule has 2 atom stereocenters. The van der Waals surface area contributed by atoms with Crippen molar-refractivity contribution in [3.05, 3.63) is 0 Å². The molecule has 2 unspecified atom stereocenters. The van der Waals surface area contributed by atoms with Crippen LogP contribution >= 0.6 is 0 Å². The summed E-state index contributed by atoms with van der Waals surface area (Å²) < 4.78 is 5.89. The van der Waals surface area contributed by atoms with E-state index in [0.29, 0.717) is 11.5 Å². The highest BCUT2D eigenvalue weighted by Gasteiger charge is 2.39. The molecule has 0 N–H and O–H groups in total. The molecule has 0 aromatic rings. The smallest absolute Gasteiger partial charge is 0.0547 e. The van der Waals surface area contributed by atoms with Gasteiger partial charge in [0.05, 0.1) is 12.7 Å². The molecule has 0 aromatic carbocycles. The zero-order valence-corrected chi connectivity index (χ0v) is 12.2. The van der Waals surface area contributed by atoms with Crippen LogP contribution in [0.5, 0.6) is 0 Å². The Bertz CT molecular complexity index is 206. The second kappa shape index (κ2) is 5.30. The predicted molar refractivity (Wildman–Crippen MR) is 73.0 cm³/mol. The average molecular weight is 238 g/mol. The molecule has 0 amide bonds. The van der Waals surface area contributed by atoms with Crippen LogP contribution in [0, 0.1) is 23.2 Å². The lowest BCUT2D eigenvalue weighted by atomic mass is 9.62. The maximum Gasteiger partial charge on any atom is 0.0547 e. The molecule has 2 aliphatic rings. The molecular formula is C16H30O. The SMILES string of the molecule is CC1CCC(C(C)(C)C2CCC(C)OC2)CC1. The van der Waals surface area contributed by atoms with Gasteiger partial charge in [0.25, 0.3) is 0 Å². The minimum atomic E-state index is 0.486. The molecule has 1 heterocycles. The van der Waals surface area contributed by atoms with Gasteiger partial charge < -0.3 is 4.74 Å². The van der Waals surface area contributed by atoms with E-state index in [1.807, 2.05) is 0 Å². The second-order valence-electron chi connectivity index (χ2n) is 7.20. The van der Waals surface area contributed by atoms with E-state index >= 15 is 0 Å². The largest absolute Gasteiger partial charge is 0.378 e. The minimum Gasteiger partial charge on any atom is -0.378 e. The van der Waals surface area contributed by atoms with Crippen molar-refractivity contribution in [2.45, 2.75) is 72.3 Å². The van der Waals surface area contributed by atoms with Crippen LogP contribution in [0.15, 0.2) is 0 Å². The highest BCUT2D eigenvalue weighted by Crippen LogP contribution is 2.47. The van der Waals surface area contributed by atoms with Gasteiger partial charge in [-0.2, -0.15) is 0 Å². The van der Waals surface area contributed by atoms with Crippen molar-refractivity contribution >= 4 is 0 Å². The van der Waals surface area contributed by atoms with Gasteiger partial charge in [-0.05, 0) is 55.8 Å². The van der Waals surface area contributed by atoms with Crippen molar-refractivity contribution in [3.8, 4) is 0 Å². The standard InChI is InChI=1S/C16H30O/c1-12-5-8-14(9-6-12)16(3,4)15-10-7-13(2)17-11-15/h12-15H,5-11H2,1-4H3. The van der Waals surface area contributed by atoms with E-state index in [0.717, 1.165) is 24.4 Å². The first-order valence-electron chi connectivity index (χ1n) is 7.61. The number of hydrogen-bond acceptors (Lipinski definition) is 1. The van der Waals surface area contributed by atoms with Gasteiger partial charge in [0.15, 0.2) is 0 Å². The maximum atomic E-state index is 5.89. The summed E-state index contributed by atoms with van der Waals surface area (Å²) in [6, 6.07) is 0. The molecule has 1 heteroatoms. The molecule has 1 saturated carbocycles. The number of hydrogen-bond donors (Lipinski definition) is 0. The first kappa shape index (κ1) is 13.4. The Hall–Kier alpha value is -0.0400. The van der Waals surface area contributed by atoms with Crippen LogP contribution in [-0.2, 0) is 4.74 Å². The fourth-order valence-electron chi connectivity index (χ4n) is 3.81. The lowest BCUT2D eigenvalue weighted by Crippen LogP contribution is -2.40. The summed E-state index contributed by atoms with van der Waals surface area (Å²) in [6.07, 6.45) is 8.90. The topological polar surface area (TPSA) is 9.23 Å². The fraction of sp³-hybridized carbons (Fsp3) is 1.00. The van der Waals surface area contributed by atoms with E-state index < -0.39 is 0 Å². The molecule has 17 heavy (non-hydrogen) atoms. The fourth-order valence-corrected chi connectivity index (χ4v) is 3.81. The van der Waals surface area contributed by atoms with E-state index in [9.17, 15) is 0 Å². The van der Waals surface area contributed by atoms with Crippen LogP contribution < -0.4 is 0 Å². The average Bonchev–Trinajstić information content (AvgIpc) is 2.30. The Morgan fingerprint density at radius 3 is 1.94 bits per heavy atom. The van der Waals surface area contributed by atoms with Gasteiger partial charge in [0.2, 0.25) is 0 Å². The van der Waals surface area contributed by atoms with Gasteiger partial charge in [-0.3, -0.25) is 0 Å². The molecule has 0 radical (unpaired) electrons. The Kier molecular flexibility index (Phi) is 4.18. The van der Waals surface area contributed by atoms with Crippen molar-refractivity contribution < 1.29 is 4.74 Å². The van der Waals surface area contributed by atoms with Crippen molar-refractivity contribution in [1.82, 2.24) is 0 Å². The summed E-state index contributed by atoms with van der Waals surface area (Å²) in [6.45, 7) is 10.6. The minimum absolute atomic E-state index is 0.486. The first-order valence-corrected chi connectivity index (χ1v) is 7.61. The molecular weight excluding hydrogens is 208 g/mol. The van der Waals surface area contributed by atoms with E-state index in [1.54, 1.807) is 0 Å². The summed E-state index contributed by atoms with van der Waals surface area (Å²) in [5, 5.41) is 0. The lowest BCUT2D eigenvalue weighted by Gasteiger charge is -2.46. The van der Waals surface area contributed by atoms with Crippen LogP contribution in [-0.4, -0.2) is 12.7 Å². The van der Waals surface area contributed by atoms with Crippen LogP contribution in [0.25, 0.3) is 0 Å². The zero-order valence-electron chi connectivity index (χ0n) is 12.2. The molecule has 0 aromatic heterocycles. The lowest BCUT2D eigenvalue weighted by molar-refractivity contribution is -0.0639. The van der Waals surface area contributed by atoms with E-state index in [4.69, 9.17) is 4.74 Å². The molecule has 1 nitrogen and oxygen atoms in total. The maximum absolute atomic E-state index is 5.89. The Labute approximate surface area is 107 Å². The summed E-state index contributed by atoms with van der Waals surface area (Å²) in [5.41, 5.74) is 0.486. The predicted octanol–water partition coefficient (Wildman–Crippen LogP) is 4.65. The van der Waals surface area contributed by atoms with Crippen LogP contribution in [0.4, 0.5) is 0 Å². The van der Waals surface area contributed by atoms with Crippen molar-refractivity contribution in [2.75, 3.05) is 6.61 Å². The summed E-state index contributed by atoms with van der Waals surface area (Å²) in [7, 11) is 0. The van der Waals surface area contributed by atoms with E-state index in [1.165, 1.54) is 38.5 Å². The normalized spacial score (nSPS) is 40.2. The molecule has 0 bridgehead atoms. The Balaban J connectivity index is 1.93. The van der Waals surface area contributed by atoms with Crippen LogP contribution in [0.1, 0.15) is 66.2 Å². The summed E-state index contributed by atoms with van der Waals surface area (Å²) in [5.74, 6) is 2.68. The van der Waals surface area contributed by atoms with Crippen LogP contribution in [0.2, 0.25) is 0 Å². The van der Waals surface area contributed by atoms with Crippen LogP contribution in [0.3, 0.4) is 0 Å². The molecule has 1 aliphatic heterocycles. The third-order valence-electron chi connectivity index (χ3n) is 5.62. The number of ether oxygens (including phenoxy) is 1. The van der Waals surface area contributed by atoms with E-state index in [2.05, 4.69) is 27.7 Å². The van der Waals surface area contributed by atoms with Gasteiger partial charge in [-0.15, -0.1) is 0 Å². The zero-order chi connectivity index (χ0) is 12.5. The van der Waals surface area contributed by atoms with Gasteiger partial charge in [0, 0.05) is 0 Å². The molecule has 1 saturated heterocycles. The Morgan fingerprint density at radius 1 is 0.824 bits per heavy atom. The van der Waals surface area contributed by atoms with Gasteiger partial charge in [0.1, 0.15) is 0 Å². The van der Waals surface area contributed by atoms with E-state index in [-0.39, 0.29) is 0 Å². The molecule has 0 spiro atoms. The first-order chi connectivity index (χ1) is 8.00. The Morgan fingerprint density at radius 2 is 1.41 bits per heavy atom. The third kappa shape index (κ3) is 3.05. The molecule has 100 valence electrons. The highest BCUT2D eigenvalue weighted by atomic mass is 16.5.